The Morgan fingerprint density at radius 1 is 1.29 bits per heavy atom. The van der Waals surface area contributed by atoms with E-state index in [1.165, 1.54) is 10.9 Å². The molecule has 0 spiro atoms. The van der Waals surface area contributed by atoms with E-state index < -0.39 is 0 Å². The van der Waals surface area contributed by atoms with E-state index in [-0.39, 0.29) is 10.8 Å². The number of rotatable bonds is 4. The summed E-state index contributed by atoms with van der Waals surface area (Å²) in [7, 11) is 1.94. The van der Waals surface area contributed by atoms with Gasteiger partial charge in [-0.05, 0) is 49.8 Å². The molecule has 1 nitrogen and oxygen atoms in total. The van der Waals surface area contributed by atoms with Gasteiger partial charge in [0.05, 0.1) is 5.02 Å². The highest BCUT2D eigenvalue weighted by molar-refractivity contribution is 7.15. The average molecular weight is 270 g/mol. The van der Waals surface area contributed by atoms with Gasteiger partial charge >= 0.3 is 0 Å². The van der Waals surface area contributed by atoms with E-state index in [1.807, 2.05) is 7.05 Å². The van der Waals surface area contributed by atoms with Crippen molar-refractivity contribution in [1.82, 2.24) is 5.32 Å². The van der Waals surface area contributed by atoms with E-state index >= 15 is 0 Å². The molecule has 4 heteroatoms. The summed E-state index contributed by atoms with van der Waals surface area (Å²) in [5.74, 6) is -0.373. The molecule has 1 aromatic heterocycles. The Hall–Kier alpha value is -0.900. The zero-order valence-electron chi connectivity index (χ0n) is 9.47. The molecule has 0 radical (unpaired) electrons. The Kier molecular flexibility index (Phi) is 4.15. The molecular formula is C13H13ClFNS. The largest absolute Gasteiger partial charge is 0.319 e. The maximum atomic E-state index is 13.0. The molecule has 1 heterocycles. The quantitative estimate of drug-likeness (QED) is 0.886. The van der Waals surface area contributed by atoms with Gasteiger partial charge in [0.15, 0.2) is 0 Å². The number of hydrogen-bond acceptors (Lipinski definition) is 2. The first-order valence-electron chi connectivity index (χ1n) is 5.39. The summed E-state index contributed by atoms with van der Waals surface area (Å²) in [6, 6.07) is 9.00. The first kappa shape index (κ1) is 12.6. The molecule has 0 aliphatic carbocycles. The first-order chi connectivity index (χ1) is 8.20. The van der Waals surface area contributed by atoms with Gasteiger partial charge in [0, 0.05) is 9.75 Å². The lowest BCUT2D eigenvalue weighted by Gasteiger charge is -1.99. The summed E-state index contributed by atoms with van der Waals surface area (Å²) >= 11 is 7.49. The lowest BCUT2D eigenvalue weighted by Crippen LogP contribution is -2.09. The molecule has 0 saturated heterocycles. The number of thiophene rings is 1. The number of halogens is 2. The summed E-state index contributed by atoms with van der Waals surface area (Å²) in [5.41, 5.74) is 0.970. The van der Waals surface area contributed by atoms with Gasteiger partial charge in [0.1, 0.15) is 5.82 Å². The van der Waals surface area contributed by atoms with Gasteiger partial charge in [-0.2, -0.15) is 0 Å². The molecule has 0 unspecified atom stereocenters. The van der Waals surface area contributed by atoms with Crippen molar-refractivity contribution in [2.45, 2.75) is 6.42 Å². The van der Waals surface area contributed by atoms with Gasteiger partial charge in [0.2, 0.25) is 0 Å². The molecule has 1 N–H and O–H groups in total. The van der Waals surface area contributed by atoms with Crippen LogP contribution >= 0.6 is 22.9 Å². The lowest BCUT2D eigenvalue weighted by atomic mass is 10.2. The highest BCUT2D eigenvalue weighted by Crippen LogP contribution is 2.30. The lowest BCUT2D eigenvalue weighted by molar-refractivity contribution is 0.628. The Balaban J connectivity index is 2.21. The fourth-order valence-corrected chi connectivity index (χ4v) is 2.75. The van der Waals surface area contributed by atoms with Gasteiger partial charge in [-0.15, -0.1) is 11.3 Å². The molecule has 0 saturated carbocycles. The predicted molar refractivity (Wildman–Crippen MR) is 72.4 cm³/mol. The van der Waals surface area contributed by atoms with Crippen LogP contribution in [0.15, 0.2) is 30.3 Å². The molecule has 1 aromatic carbocycles. The molecule has 0 bridgehead atoms. The van der Waals surface area contributed by atoms with Crippen LogP contribution < -0.4 is 5.32 Å². The van der Waals surface area contributed by atoms with E-state index in [1.54, 1.807) is 23.5 Å². The molecule has 0 fully saturated rings. The fraction of sp³-hybridized carbons (Fsp3) is 0.231. The van der Waals surface area contributed by atoms with E-state index in [0.717, 1.165) is 23.4 Å². The molecule has 90 valence electrons. The summed E-state index contributed by atoms with van der Waals surface area (Å²) in [6.45, 7) is 0.962. The molecule has 2 rings (SSSR count). The van der Waals surface area contributed by atoms with E-state index in [9.17, 15) is 4.39 Å². The van der Waals surface area contributed by atoms with Crippen LogP contribution in [0, 0.1) is 5.82 Å². The normalized spacial score (nSPS) is 10.8. The van der Waals surface area contributed by atoms with Crippen molar-refractivity contribution in [3.05, 3.63) is 46.0 Å². The minimum absolute atomic E-state index is 0.174. The smallest absolute Gasteiger partial charge is 0.141 e. The topological polar surface area (TPSA) is 12.0 Å². The molecule has 0 aliphatic rings. The molecule has 2 aromatic rings. The van der Waals surface area contributed by atoms with Crippen LogP contribution in [0.4, 0.5) is 4.39 Å². The van der Waals surface area contributed by atoms with Gasteiger partial charge in [0.25, 0.3) is 0 Å². The minimum Gasteiger partial charge on any atom is -0.319 e. The van der Waals surface area contributed by atoms with Crippen molar-refractivity contribution in [3.63, 3.8) is 0 Å². The number of hydrogen-bond donors (Lipinski definition) is 1. The van der Waals surface area contributed by atoms with Crippen molar-refractivity contribution in [2.24, 2.45) is 0 Å². The standard InChI is InChI=1S/C13H13ClFNS/c1-16-7-6-10-3-5-13(17-10)9-2-4-12(15)11(14)8-9/h2-5,8,16H,6-7H2,1H3. The molecule has 17 heavy (non-hydrogen) atoms. The second kappa shape index (κ2) is 5.63. The van der Waals surface area contributed by atoms with Crippen LogP contribution in [-0.4, -0.2) is 13.6 Å². The molecular weight excluding hydrogens is 257 g/mol. The van der Waals surface area contributed by atoms with Crippen molar-refractivity contribution in [1.29, 1.82) is 0 Å². The minimum atomic E-state index is -0.373. The van der Waals surface area contributed by atoms with Crippen LogP contribution in [0.1, 0.15) is 4.88 Å². The number of likely N-dealkylation sites (N-methyl/N-ethyl adjacent to an activating group) is 1. The highest BCUT2D eigenvalue weighted by atomic mass is 35.5. The number of benzene rings is 1. The Morgan fingerprint density at radius 2 is 2.12 bits per heavy atom. The monoisotopic (exact) mass is 269 g/mol. The van der Waals surface area contributed by atoms with E-state index in [2.05, 4.69) is 17.4 Å². The molecule has 0 atom stereocenters. The maximum absolute atomic E-state index is 13.0. The second-order valence-corrected chi connectivity index (χ2v) is 5.32. The van der Waals surface area contributed by atoms with Crippen molar-refractivity contribution in [2.75, 3.05) is 13.6 Å². The molecule has 0 aliphatic heterocycles. The summed E-state index contributed by atoms with van der Waals surface area (Å²) in [5, 5.41) is 3.29. The van der Waals surface area contributed by atoms with Crippen LogP contribution in [0.3, 0.4) is 0 Å². The van der Waals surface area contributed by atoms with Gasteiger partial charge in [-0.3, -0.25) is 0 Å². The van der Waals surface area contributed by atoms with Gasteiger partial charge < -0.3 is 5.32 Å². The summed E-state index contributed by atoms with van der Waals surface area (Å²) in [6.07, 6.45) is 1.01. The van der Waals surface area contributed by atoms with Crippen molar-refractivity contribution in [3.8, 4) is 10.4 Å². The Morgan fingerprint density at radius 3 is 2.82 bits per heavy atom. The van der Waals surface area contributed by atoms with Crippen molar-refractivity contribution < 1.29 is 4.39 Å². The third-order valence-electron chi connectivity index (χ3n) is 2.49. The predicted octanol–water partition coefficient (Wildman–Crippen LogP) is 3.97. The van der Waals surface area contributed by atoms with Gasteiger partial charge in [-0.1, -0.05) is 17.7 Å². The maximum Gasteiger partial charge on any atom is 0.141 e. The summed E-state index contributed by atoms with van der Waals surface area (Å²) in [4.78, 5) is 2.44. The second-order valence-electron chi connectivity index (χ2n) is 3.75. The van der Waals surface area contributed by atoms with Gasteiger partial charge in [-0.25, -0.2) is 4.39 Å². The Labute approximate surface area is 109 Å². The van der Waals surface area contributed by atoms with Crippen molar-refractivity contribution >= 4 is 22.9 Å². The van der Waals surface area contributed by atoms with Crippen LogP contribution in [0.25, 0.3) is 10.4 Å². The summed E-state index contributed by atoms with van der Waals surface area (Å²) < 4.78 is 13.0. The average Bonchev–Trinajstić information content (AvgIpc) is 2.79. The van der Waals surface area contributed by atoms with Crippen LogP contribution in [-0.2, 0) is 6.42 Å². The Bertz CT molecular complexity index is 510. The van der Waals surface area contributed by atoms with E-state index in [4.69, 9.17) is 11.6 Å². The highest BCUT2D eigenvalue weighted by Gasteiger charge is 2.05. The fourth-order valence-electron chi connectivity index (χ4n) is 1.57. The first-order valence-corrected chi connectivity index (χ1v) is 6.59. The van der Waals surface area contributed by atoms with Crippen LogP contribution in [0.5, 0.6) is 0 Å². The SMILES string of the molecule is CNCCc1ccc(-c2ccc(F)c(Cl)c2)s1. The third kappa shape index (κ3) is 3.06. The van der Waals surface area contributed by atoms with E-state index in [0.29, 0.717) is 0 Å². The zero-order chi connectivity index (χ0) is 12.3. The third-order valence-corrected chi connectivity index (χ3v) is 3.97. The van der Waals surface area contributed by atoms with Crippen LogP contribution in [0.2, 0.25) is 5.02 Å². The molecule has 0 amide bonds. The zero-order valence-corrected chi connectivity index (χ0v) is 11.0. The number of nitrogens with one attached hydrogen (secondary N) is 1.